The van der Waals surface area contributed by atoms with Gasteiger partial charge in [0.15, 0.2) is 10.5 Å². The molecule has 0 saturated heterocycles. The van der Waals surface area contributed by atoms with Crippen molar-refractivity contribution in [2.24, 2.45) is 0 Å². The number of nitrogens with zero attached hydrogens (tertiary/aromatic N) is 3. The number of amides is 1. The summed E-state index contributed by atoms with van der Waals surface area (Å²) in [6.07, 6.45) is 2.89. The molecule has 0 aliphatic rings. The monoisotopic (exact) mass is 360 g/mol. The maximum atomic E-state index is 12.2. The molecule has 1 atom stereocenters. The quantitative estimate of drug-likeness (QED) is 0.771. The van der Waals surface area contributed by atoms with E-state index in [0.717, 1.165) is 5.56 Å². The topological polar surface area (TPSA) is 59.8 Å². The lowest BCUT2D eigenvalue weighted by molar-refractivity contribution is -0.122. The van der Waals surface area contributed by atoms with Crippen molar-refractivity contribution in [3.63, 3.8) is 0 Å². The number of alkyl halides is 3. The molecular weight excluding hydrogens is 347 g/mol. The van der Waals surface area contributed by atoms with Gasteiger partial charge in [0, 0.05) is 6.42 Å². The molecule has 1 aromatic carbocycles. The van der Waals surface area contributed by atoms with Gasteiger partial charge in [0.1, 0.15) is 12.7 Å². The molecule has 0 aliphatic heterocycles. The lowest BCUT2D eigenvalue weighted by Crippen LogP contribution is -2.44. The van der Waals surface area contributed by atoms with Crippen molar-refractivity contribution in [2.75, 3.05) is 5.88 Å². The summed E-state index contributed by atoms with van der Waals surface area (Å²) in [5, 5.41) is 6.72. The smallest absolute Gasteiger partial charge is 0.222 e. The number of hydrogen-bond donors (Lipinski definition) is 1. The fraction of sp³-hybridized carbons (Fsp3) is 0.357. The molecule has 2 rings (SSSR count). The Morgan fingerprint density at radius 2 is 2.05 bits per heavy atom. The number of aryl methyl sites for hydroxylation is 1. The van der Waals surface area contributed by atoms with Crippen LogP contribution in [0.25, 0.3) is 0 Å². The summed E-state index contributed by atoms with van der Waals surface area (Å²) < 4.78 is -0.0134. The first kappa shape index (κ1) is 17.1. The lowest BCUT2D eigenvalue weighted by atomic mass is 10.1. The number of aromatic nitrogens is 3. The third-order valence-corrected chi connectivity index (χ3v) is 4.44. The number of halogens is 3. The van der Waals surface area contributed by atoms with Gasteiger partial charge in [-0.05, 0) is 12.0 Å². The number of carbonyl (C=O) groups is 1. The number of nitrogens with one attached hydrogen (secondary N) is 1. The summed E-state index contributed by atoms with van der Waals surface area (Å²) in [6, 6.07) is 9.73. The number of hydrogen-bond acceptors (Lipinski definition) is 3. The van der Waals surface area contributed by atoms with Crippen LogP contribution in [-0.2, 0) is 11.2 Å². The number of benzene rings is 1. The van der Waals surface area contributed by atoms with Gasteiger partial charge < -0.3 is 5.32 Å². The summed E-state index contributed by atoms with van der Waals surface area (Å²) in [7, 11) is 0. The summed E-state index contributed by atoms with van der Waals surface area (Å²) in [6.45, 7) is 0. The van der Waals surface area contributed by atoms with Crippen LogP contribution >= 0.6 is 34.8 Å². The minimum Gasteiger partial charge on any atom is -0.332 e. The van der Waals surface area contributed by atoms with Crippen molar-refractivity contribution in [2.45, 2.75) is 23.3 Å². The molecule has 1 aromatic heterocycles. The Kier molecular flexibility index (Phi) is 6.06. The van der Waals surface area contributed by atoms with Gasteiger partial charge in [-0.1, -0.05) is 53.5 Å². The lowest BCUT2D eigenvalue weighted by Gasteiger charge is -2.28. The molecule has 0 radical (unpaired) electrons. The van der Waals surface area contributed by atoms with Crippen molar-refractivity contribution in [3.8, 4) is 0 Å². The van der Waals surface area contributed by atoms with Crippen LogP contribution in [0.5, 0.6) is 0 Å². The molecule has 8 heteroatoms. The fourth-order valence-electron chi connectivity index (χ4n) is 1.92. The highest BCUT2D eigenvalue weighted by Gasteiger charge is 2.37. The highest BCUT2D eigenvalue weighted by atomic mass is 35.5. The molecule has 22 heavy (non-hydrogen) atoms. The molecule has 0 aliphatic carbocycles. The summed E-state index contributed by atoms with van der Waals surface area (Å²) >= 11 is 18.1. The van der Waals surface area contributed by atoms with Crippen LogP contribution in [0.2, 0.25) is 0 Å². The van der Waals surface area contributed by atoms with E-state index >= 15 is 0 Å². The predicted octanol–water partition coefficient (Wildman–Crippen LogP) is 2.94. The zero-order valence-corrected chi connectivity index (χ0v) is 13.9. The fourth-order valence-corrected chi connectivity index (χ4v) is 2.37. The van der Waals surface area contributed by atoms with E-state index in [0.29, 0.717) is 12.8 Å². The van der Waals surface area contributed by atoms with E-state index in [1.165, 1.54) is 17.3 Å². The van der Waals surface area contributed by atoms with Crippen LogP contribution in [0.15, 0.2) is 43.0 Å². The molecule has 0 spiro atoms. The summed E-state index contributed by atoms with van der Waals surface area (Å²) in [5.41, 5.74) is 1.08. The third kappa shape index (κ3) is 4.60. The minimum atomic E-state index is -1.39. The highest BCUT2D eigenvalue weighted by Crippen LogP contribution is 2.33. The number of carbonyl (C=O) groups excluding carboxylic acids is 1. The van der Waals surface area contributed by atoms with Crippen molar-refractivity contribution >= 4 is 40.7 Å². The van der Waals surface area contributed by atoms with Crippen LogP contribution in [0, 0.1) is 0 Å². The first-order valence-electron chi connectivity index (χ1n) is 6.64. The van der Waals surface area contributed by atoms with E-state index in [9.17, 15) is 4.79 Å². The SMILES string of the molecule is O=C(CCc1ccccc1)NC(n1cncn1)C(Cl)(Cl)CCl. The van der Waals surface area contributed by atoms with E-state index in [4.69, 9.17) is 34.8 Å². The maximum Gasteiger partial charge on any atom is 0.222 e. The maximum absolute atomic E-state index is 12.2. The van der Waals surface area contributed by atoms with E-state index in [2.05, 4.69) is 15.4 Å². The highest BCUT2D eigenvalue weighted by molar-refractivity contribution is 6.51. The van der Waals surface area contributed by atoms with Gasteiger partial charge in [0.05, 0.1) is 5.88 Å². The Hall–Kier alpha value is -1.30. The van der Waals surface area contributed by atoms with Gasteiger partial charge in [-0.15, -0.1) is 11.6 Å². The standard InChI is InChI=1S/C14H15Cl3N4O/c15-8-14(16,17)13(21-10-18-9-19-21)20-12(22)7-6-11-4-2-1-3-5-11/h1-5,9-10,13H,6-8H2,(H,20,22). The molecule has 0 bridgehead atoms. The molecule has 1 amide bonds. The zero-order chi connectivity index (χ0) is 16.0. The van der Waals surface area contributed by atoms with E-state index in [1.54, 1.807) is 0 Å². The Labute approximate surface area is 143 Å². The molecule has 5 nitrogen and oxygen atoms in total. The first-order valence-corrected chi connectivity index (χ1v) is 7.93. The molecule has 2 aromatic rings. The van der Waals surface area contributed by atoms with Crippen LogP contribution in [0.3, 0.4) is 0 Å². The van der Waals surface area contributed by atoms with Gasteiger partial charge in [-0.2, -0.15) is 5.10 Å². The predicted molar refractivity (Wildman–Crippen MR) is 87.1 cm³/mol. The molecule has 1 unspecified atom stereocenters. The average molecular weight is 362 g/mol. The Balaban J connectivity index is 2.00. The van der Waals surface area contributed by atoms with Crippen LogP contribution in [0.1, 0.15) is 18.2 Å². The largest absolute Gasteiger partial charge is 0.332 e. The van der Waals surface area contributed by atoms with Crippen molar-refractivity contribution in [1.29, 1.82) is 0 Å². The second-order valence-corrected chi connectivity index (χ2v) is 6.54. The van der Waals surface area contributed by atoms with Crippen molar-refractivity contribution in [1.82, 2.24) is 20.1 Å². The molecule has 1 N–H and O–H groups in total. The van der Waals surface area contributed by atoms with Crippen LogP contribution in [0.4, 0.5) is 0 Å². The van der Waals surface area contributed by atoms with Gasteiger partial charge in [-0.3, -0.25) is 4.79 Å². The van der Waals surface area contributed by atoms with Crippen LogP contribution in [-0.4, -0.2) is 30.9 Å². The van der Waals surface area contributed by atoms with Crippen LogP contribution < -0.4 is 5.32 Å². The molecule has 0 fully saturated rings. The molecule has 1 heterocycles. The Morgan fingerprint density at radius 3 is 2.64 bits per heavy atom. The Bertz CT molecular complexity index is 589. The zero-order valence-electron chi connectivity index (χ0n) is 11.6. The second kappa shape index (κ2) is 7.81. The first-order chi connectivity index (χ1) is 10.5. The molecule has 118 valence electrons. The van der Waals surface area contributed by atoms with Gasteiger partial charge in [-0.25, -0.2) is 9.67 Å². The normalized spacial score (nSPS) is 12.9. The minimum absolute atomic E-state index is 0.0698. The van der Waals surface area contributed by atoms with E-state index in [1.807, 2.05) is 30.3 Å². The molecular formula is C14H15Cl3N4O. The number of rotatable bonds is 7. The van der Waals surface area contributed by atoms with E-state index in [-0.39, 0.29) is 11.8 Å². The molecule has 0 saturated carbocycles. The second-order valence-electron chi connectivity index (χ2n) is 4.73. The third-order valence-electron chi connectivity index (χ3n) is 3.06. The summed E-state index contributed by atoms with van der Waals surface area (Å²) in [4.78, 5) is 16.0. The van der Waals surface area contributed by atoms with Crippen molar-refractivity contribution in [3.05, 3.63) is 48.5 Å². The van der Waals surface area contributed by atoms with Crippen molar-refractivity contribution < 1.29 is 4.79 Å². The summed E-state index contributed by atoms with van der Waals surface area (Å²) in [5.74, 6) is -0.264. The van der Waals surface area contributed by atoms with Gasteiger partial charge >= 0.3 is 0 Å². The Morgan fingerprint density at radius 1 is 1.32 bits per heavy atom. The van der Waals surface area contributed by atoms with Gasteiger partial charge in [0.25, 0.3) is 0 Å². The van der Waals surface area contributed by atoms with E-state index < -0.39 is 10.5 Å². The average Bonchev–Trinajstić information content (AvgIpc) is 3.05. The van der Waals surface area contributed by atoms with Gasteiger partial charge in [0.2, 0.25) is 5.91 Å².